The molecule has 2 heterocycles. The summed E-state index contributed by atoms with van der Waals surface area (Å²) < 4.78 is 0. The molecule has 0 radical (unpaired) electrons. The SMILES string of the molecule is Cc1cc(N2CCN(C(=O)/C=C/c3ccc(Cl)cc3)CC2)nc2c(C)cccc12. The van der Waals surface area contributed by atoms with Gasteiger partial charge < -0.3 is 9.80 Å². The number of rotatable bonds is 3. The molecule has 0 aliphatic carbocycles. The van der Waals surface area contributed by atoms with Crippen molar-refractivity contribution in [3.8, 4) is 0 Å². The summed E-state index contributed by atoms with van der Waals surface area (Å²) in [5.41, 5.74) is 4.45. The minimum atomic E-state index is 0.0399. The maximum absolute atomic E-state index is 12.5. The fourth-order valence-corrected chi connectivity index (χ4v) is 3.83. The first kappa shape index (κ1) is 19.5. The number of anilines is 1. The van der Waals surface area contributed by atoms with E-state index in [-0.39, 0.29) is 5.91 Å². The number of para-hydroxylation sites is 1. The van der Waals surface area contributed by atoms with E-state index < -0.39 is 0 Å². The van der Waals surface area contributed by atoms with Crippen LogP contribution in [0.5, 0.6) is 0 Å². The topological polar surface area (TPSA) is 36.4 Å². The van der Waals surface area contributed by atoms with Gasteiger partial charge in [-0.15, -0.1) is 0 Å². The highest BCUT2D eigenvalue weighted by molar-refractivity contribution is 6.30. The molecular weight excluding hydrogens is 382 g/mol. The minimum absolute atomic E-state index is 0.0399. The van der Waals surface area contributed by atoms with Gasteiger partial charge in [-0.3, -0.25) is 4.79 Å². The zero-order valence-corrected chi connectivity index (χ0v) is 17.5. The van der Waals surface area contributed by atoms with Crippen molar-refractivity contribution in [1.82, 2.24) is 9.88 Å². The third-order valence-electron chi connectivity index (χ3n) is 5.44. The van der Waals surface area contributed by atoms with Crippen LogP contribution < -0.4 is 4.90 Å². The predicted molar refractivity (Wildman–Crippen MR) is 120 cm³/mol. The van der Waals surface area contributed by atoms with E-state index in [0.717, 1.165) is 30.0 Å². The normalized spacial score (nSPS) is 14.7. The summed E-state index contributed by atoms with van der Waals surface area (Å²) in [5.74, 6) is 1.03. The molecule has 0 saturated carbocycles. The van der Waals surface area contributed by atoms with Gasteiger partial charge in [-0.2, -0.15) is 0 Å². The van der Waals surface area contributed by atoms with Crippen LogP contribution in [0.25, 0.3) is 17.0 Å². The number of piperazine rings is 1. The molecule has 4 nitrogen and oxygen atoms in total. The second-order valence-electron chi connectivity index (χ2n) is 7.47. The number of aromatic nitrogens is 1. The third kappa shape index (κ3) is 4.28. The van der Waals surface area contributed by atoms with Crippen molar-refractivity contribution in [2.45, 2.75) is 13.8 Å². The average Bonchev–Trinajstić information content (AvgIpc) is 2.74. The number of carbonyl (C=O) groups excluding carboxylic acids is 1. The van der Waals surface area contributed by atoms with Crippen molar-refractivity contribution in [1.29, 1.82) is 0 Å². The van der Waals surface area contributed by atoms with Crippen LogP contribution in [0.3, 0.4) is 0 Å². The van der Waals surface area contributed by atoms with Crippen LogP contribution in [0.2, 0.25) is 5.02 Å². The molecule has 1 amide bonds. The van der Waals surface area contributed by atoms with Gasteiger partial charge >= 0.3 is 0 Å². The lowest BCUT2D eigenvalue weighted by atomic mass is 10.1. The Balaban J connectivity index is 1.43. The van der Waals surface area contributed by atoms with Gasteiger partial charge in [0.1, 0.15) is 5.82 Å². The summed E-state index contributed by atoms with van der Waals surface area (Å²) in [7, 11) is 0. The van der Waals surface area contributed by atoms with Crippen LogP contribution in [-0.2, 0) is 4.79 Å². The Labute approximate surface area is 176 Å². The van der Waals surface area contributed by atoms with E-state index >= 15 is 0 Å². The van der Waals surface area contributed by atoms with Crippen LogP contribution in [-0.4, -0.2) is 42.0 Å². The van der Waals surface area contributed by atoms with E-state index in [4.69, 9.17) is 16.6 Å². The molecule has 3 aromatic rings. The lowest BCUT2D eigenvalue weighted by Crippen LogP contribution is -2.48. The lowest BCUT2D eigenvalue weighted by molar-refractivity contribution is -0.126. The summed E-state index contributed by atoms with van der Waals surface area (Å²) >= 11 is 5.90. The summed E-state index contributed by atoms with van der Waals surface area (Å²) in [5, 5.41) is 1.90. The summed E-state index contributed by atoms with van der Waals surface area (Å²) in [6, 6.07) is 15.9. The number of aryl methyl sites for hydroxylation is 2. The molecular formula is C24H24ClN3O. The van der Waals surface area contributed by atoms with Gasteiger partial charge in [-0.05, 0) is 54.8 Å². The van der Waals surface area contributed by atoms with Crippen molar-refractivity contribution < 1.29 is 4.79 Å². The molecule has 1 aromatic heterocycles. The summed E-state index contributed by atoms with van der Waals surface area (Å²) in [6.07, 6.45) is 3.47. The Morgan fingerprint density at radius 2 is 1.72 bits per heavy atom. The highest BCUT2D eigenvalue weighted by Gasteiger charge is 2.21. The fraction of sp³-hybridized carbons (Fsp3) is 0.250. The van der Waals surface area contributed by atoms with Gasteiger partial charge in [-0.25, -0.2) is 4.98 Å². The van der Waals surface area contributed by atoms with E-state index in [1.54, 1.807) is 6.08 Å². The molecule has 0 atom stereocenters. The quantitative estimate of drug-likeness (QED) is 0.583. The summed E-state index contributed by atoms with van der Waals surface area (Å²) in [6.45, 7) is 7.18. The Kier molecular flexibility index (Phi) is 5.54. The molecule has 1 saturated heterocycles. The molecule has 0 unspecified atom stereocenters. The molecule has 5 heteroatoms. The van der Waals surface area contributed by atoms with Gasteiger partial charge in [-0.1, -0.05) is 41.9 Å². The van der Waals surface area contributed by atoms with Crippen LogP contribution in [0.15, 0.2) is 54.6 Å². The van der Waals surface area contributed by atoms with Crippen LogP contribution in [0, 0.1) is 13.8 Å². The maximum atomic E-state index is 12.5. The smallest absolute Gasteiger partial charge is 0.246 e. The first-order valence-electron chi connectivity index (χ1n) is 9.86. The van der Waals surface area contributed by atoms with Crippen molar-refractivity contribution in [3.63, 3.8) is 0 Å². The van der Waals surface area contributed by atoms with Crippen molar-refractivity contribution in [2.75, 3.05) is 31.1 Å². The van der Waals surface area contributed by atoms with E-state index in [2.05, 4.69) is 43.0 Å². The zero-order chi connectivity index (χ0) is 20.4. The number of nitrogens with zero attached hydrogens (tertiary/aromatic N) is 3. The van der Waals surface area contributed by atoms with Crippen molar-refractivity contribution in [3.05, 3.63) is 76.3 Å². The average molecular weight is 406 g/mol. The van der Waals surface area contributed by atoms with Gasteiger partial charge in [0.05, 0.1) is 5.52 Å². The molecule has 148 valence electrons. The Morgan fingerprint density at radius 3 is 2.45 bits per heavy atom. The standard InChI is InChI=1S/C24H24ClN3O/c1-17-4-3-5-21-18(2)16-22(26-24(17)21)27-12-14-28(15-13-27)23(29)11-8-19-6-9-20(25)10-7-19/h3-11,16H,12-15H2,1-2H3/b11-8+. The number of carbonyl (C=O) groups is 1. The van der Waals surface area contributed by atoms with E-state index in [1.165, 1.54) is 16.5 Å². The number of hydrogen-bond donors (Lipinski definition) is 0. The van der Waals surface area contributed by atoms with Crippen LogP contribution in [0.1, 0.15) is 16.7 Å². The van der Waals surface area contributed by atoms with E-state index in [0.29, 0.717) is 18.1 Å². The second-order valence-corrected chi connectivity index (χ2v) is 7.90. The maximum Gasteiger partial charge on any atom is 0.246 e. The first-order chi connectivity index (χ1) is 14.0. The lowest BCUT2D eigenvalue weighted by Gasteiger charge is -2.35. The minimum Gasteiger partial charge on any atom is -0.353 e. The predicted octanol–water partition coefficient (Wildman–Crippen LogP) is 4.87. The highest BCUT2D eigenvalue weighted by Crippen LogP contribution is 2.25. The Morgan fingerprint density at radius 1 is 1.00 bits per heavy atom. The highest BCUT2D eigenvalue weighted by atomic mass is 35.5. The van der Waals surface area contributed by atoms with E-state index in [9.17, 15) is 4.79 Å². The molecule has 2 aromatic carbocycles. The number of amides is 1. The number of pyridine rings is 1. The monoisotopic (exact) mass is 405 g/mol. The van der Waals surface area contributed by atoms with Crippen LogP contribution in [0.4, 0.5) is 5.82 Å². The van der Waals surface area contributed by atoms with Crippen molar-refractivity contribution in [2.24, 2.45) is 0 Å². The molecule has 1 aliphatic rings. The van der Waals surface area contributed by atoms with E-state index in [1.807, 2.05) is 35.2 Å². The number of benzene rings is 2. The largest absolute Gasteiger partial charge is 0.353 e. The molecule has 0 N–H and O–H groups in total. The van der Waals surface area contributed by atoms with Gasteiger partial charge in [0.25, 0.3) is 0 Å². The molecule has 1 fully saturated rings. The number of hydrogen-bond acceptors (Lipinski definition) is 3. The van der Waals surface area contributed by atoms with Gasteiger partial charge in [0.15, 0.2) is 0 Å². The Bertz CT molecular complexity index is 1070. The molecule has 0 bridgehead atoms. The first-order valence-corrected chi connectivity index (χ1v) is 10.2. The molecule has 1 aliphatic heterocycles. The zero-order valence-electron chi connectivity index (χ0n) is 16.7. The number of halogens is 1. The second kappa shape index (κ2) is 8.26. The molecule has 0 spiro atoms. The Hall–Kier alpha value is -2.85. The van der Waals surface area contributed by atoms with Gasteiger partial charge in [0.2, 0.25) is 5.91 Å². The summed E-state index contributed by atoms with van der Waals surface area (Å²) in [4.78, 5) is 21.6. The number of fused-ring (bicyclic) bond motifs is 1. The van der Waals surface area contributed by atoms with Crippen LogP contribution >= 0.6 is 11.6 Å². The molecule has 29 heavy (non-hydrogen) atoms. The van der Waals surface area contributed by atoms with Crippen molar-refractivity contribution >= 4 is 40.3 Å². The molecule has 4 rings (SSSR count). The third-order valence-corrected chi connectivity index (χ3v) is 5.69. The van der Waals surface area contributed by atoms with Gasteiger partial charge in [0, 0.05) is 42.7 Å². The fourth-order valence-electron chi connectivity index (χ4n) is 3.71.